The Morgan fingerprint density at radius 3 is 2.80 bits per heavy atom. The lowest BCUT2D eigenvalue weighted by molar-refractivity contribution is -0.110. The number of hydrogen-bond donors (Lipinski definition) is 2. The number of aldehydes is 1. The molecule has 20 heavy (non-hydrogen) atoms. The van der Waals surface area contributed by atoms with Gasteiger partial charge in [-0.25, -0.2) is 0 Å². The Morgan fingerprint density at radius 1 is 1.50 bits per heavy atom. The number of carbonyl (C=O) groups is 1. The zero-order valence-corrected chi connectivity index (χ0v) is 13.3. The number of benzene rings is 1. The summed E-state index contributed by atoms with van der Waals surface area (Å²) in [5.41, 5.74) is 2.58. The Bertz CT molecular complexity index is 495. The van der Waals surface area contributed by atoms with Gasteiger partial charge in [0.25, 0.3) is 0 Å². The summed E-state index contributed by atoms with van der Waals surface area (Å²) in [5.74, 6) is 0. The average Bonchev–Trinajstić information content (AvgIpc) is 2.79. The highest BCUT2D eigenvalue weighted by Gasteiger charge is 2.44. The predicted octanol–water partition coefficient (Wildman–Crippen LogP) is 2.06. The second kappa shape index (κ2) is 6.56. The summed E-state index contributed by atoms with van der Waals surface area (Å²) < 4.78 is -0.302. The summed E-state index contributed by atoms with van der Waals surface area (Å²) in [6, 6.07) is 5.42. The lowest BCUT2D eigenvalue weighted by atomic mass is 9.77. The summed E-state index contributed by atoms with van der Waals surface area (Å²) in [6.07, 6.45) is 5.99. The molecule has 0 aromatic heterocycles. The first kappa shape index (κ1) is 16.0. The monoisotopic (exact) mass is 310 g/mol. The van der Waals surface area contributed by atoms with Crippen molar-refractivity contribution in [3.8, 4) is 0 Å². The smallest absolute Gasteiger partial charge is 0.423 e. The molecule has 2 N–H and O–H groups in total. The van der Waals surface area contributed by atoms with Crippen molar-refractivity contribution in [1.29, 1.82) is 0 Å². The summed E-state index contributed by atoms with van der Waals surface area (Å²) >= 11 is 3.37. The zero-order chi connectivity index (χ0) is 14.8. The minimum Gasteiger partial charge on any atom is -0.423 e. The maximum Gasteiger partial charge on any atom is 0.488 e. The van der Waals surface area contributed by atoms with Gasteiger partial charge in [0.2, 0.25) is 0 Å². The van der Waals surface area contributed by atoms with Crippen LogP contribution >= 0.6 is 23.5 Å². The van der Waals surface area contributed by atoms with Crippen LogP contribution in [0.1, 0.15) is 41.9 Å². The van der Waals surface area contributed by atoms with E-state index in [1.54, 1.807) is 29.6 Å². The van der Waals surface area contributed by atoms with Crippen molar-refractivity contribution in [3.63, 3.8) is 0 Å². The molecule has 2 atom stereocenters. The first-order valence-corrected chi connectivity index (χ1v) is 8.92. The van der Waals surface area contributed by atoms with Gasteiger partial charge in [-0.2, -0.15) is 0 Å². The fourth-order valence-electron chi connectivity index (χ4n) is 2.60. The summed E-state index contributed by atoms with van der Waals surface area (Å²) in [5, 5.41) is 18.6. The minimum atomic E-state index is -1.46. The van der Waals surface area contributed by atoms with Crippen LogP contribution in [-0.4, -0.2) is 29.7 Å². The van der Waals surface area contributed by atoms with Crippen LogP contribution in [0.25, 0.3) is 0 Å². The SMILES string of the molecule is CCCCC1(C=O)SC(SC)c2cc(B(O)O)ccc21. The van der Waals surface area contributed by atoms with Crippen LogP contribution in [0, 0.1) is 0 Å². The van der Waals surface area contributed by atoms with Crippen molar-refractivity contribution >= 4 is 42.4 Å². The number of unbranched alkanes of at least 4 members (excludes halogenated alkanes) is 1. The van der Waals surface area contributed by atoms with E-state index in [0.717, 1.165) is 36.7 Å². The van der Waals surface area contributed by atoms with E-state index in [9.17, 15) is 14.8 Å². The Kier molecular flexibility index (Phi) is 5.23. The summed E-state index contributed by atoms with van der Waals surface area (Å²) in [6.45, 7) is 2.12. The molecule has 0 saturated carbocycles. The van der Waals surface area contributed by atoms with Crippen LogP contribution in [0.15, 0.2) is 18.2 Å². The van der Waals surface area contributed by atoms with Gasteiger partial charge in [-0.15, -0.1) is 23.5 Å². The fourth-order valence-corrected chi connectivity index (χ4v) is 5.28. The van der Waals surface area contributed by atoms with Crippen LogP contribution in [0.2, 0.25) is 0 Å². The molecule has 1 aliphatic rings. The van der Waals surface area contributed by atoms with E-state index in [0.29, 0.717) is 5.46 Å². The highest BCUT2D eigenvalue weighted by molar-refractivity contribution is 8.17. The molecule has 0 saturated heterocycles. The third kappa shape index (κ3) is 2.79. The van der Waals surface area contributed by atoms with E-state index in [1.807, 2.05) is 18.4 Å². The van der Waals surface area contributed by atoms with Gasteiger partial charge in [0.1, 0.15) is 6.29 Å². The van der Waals surface area contributed by atoms with E-state index in [4.69, 9.17) is 0 Å². The highest BCUT2D eigenvalue weighted by atomic mass is 32.2. The van der Waals surface area contributed by atoms with Crippen molar-refractivity contribution in [2.75, 3.05) is 6.26 Å². The Hall–Kier alpha value is -0.425. The second-order valence-corrected chi connectivity index (χ2v) is 7.69. The molecule has 1 aromatic carbocycles. The van der Waals surface area contributed by atoms with E-state index in [-0.39, 0.29) is 4.58 Å². The van der Waals surface area contributed by atoms with Crippen molar-refractivity contribution in [2.45, 2.75) is 35.5 Å². The van der Waals surface area contributed by atoms with Gasteiger partial charge in [-0.1, -0.05) is 38.0 Å². The van der Waals surface area contributed by atoms with Gasteiger partial charge in [0.15, 0.2) is 0 Å². The maximum atomic E-state index is 11.7. The van der Waals surface area contributed by atoms with Gasteiger partial charge >= 0.3 is 7.12 Å². The van der Waals surface area contributed by atoms with Gasteiger partial charge in [0.05, 0.1) is 9.33 Å². The Morgan fingerprint density at radius 2 is 2.25 bits per heavy atom. The molecule has 0 fully saturated rings. The molecule has 0 aliphatic carbocycles. The average molecular weight is 310 g/mol. The molecule has 0 radical (unpaired) electrons. The zero-order valence-electron chi connectivity index (χ0n) is 11.7. The van der Waals surface area contributed by atoms with Crippen LogP contribution in [-0.2, 0) is 9.54 Å². The van der Waals surface area contributed by atoms with Crippen molar-refractivity contribution in [3.05, 3.63) is 29.3 Å². The van der Waals surface area contributed by atoms with Crippen molar-refractivity contribution in [1.82, 2.24) is 0 Å². The van der Waals surface area contributed by atoms with E-state index < -0.39 is 11.9 Å². The summed E-state index contributed by atoms with van der Waals surface area (Å²) in [4.78, 5) is 11.7. The molecule has 0 spiro atoms. The van der Waals surface area contributed by atoms with Gasteiger partial charge in [-0.05, 0) is 29.3 Å². The normalized spacial score (nSPS) is 24.5. The molecular formula is C14H19BO3S2. The standard InChI is InChI=1S/C14H19BO3S2/c1-3-4-7-14(9-16)12-6-5-10(15(17)18)8-11(12)13(19-2)20-14/h5-6,8-9,13,17-18H,3-4,7H2,1-2H3. The molecule has 6 heteroatoms. The van der Waals surface area contributed by atoms with Gasteiger partial charge in [-0.3, -0.25) is 0 Å². The van der Waals surface area contributed by atoms with Crippen LogP contribution in [0.5, 0.6) is 0 Å². The largest absolute Gasteiger partial charge is 0.488 e. The van der Waals surface area contributed by atoms with Crippen molar-refractivity contribution < 1.29 is 14.8 Å². The Balaban J connectivity index is 2.46. The molecule has 1 aromatic rings. The highest BCUT2D eigenvalue weighted by Crippen LogP contribution is 2.59. The number of thioether (sulfide) groups is 2. The lowest BCUT2D eigenvalue weighted by Crippen LogP contribution is -2.30. The Labute approximate surface area is 128 Å². The topological polar surface area (TPSA) is 57.5 Å². The molecule has 108 valence electrons. The third-order valence-corrected chi connectivity index (χ3v) is 6.66. The van der Waals surface area contributed by atoms with E-state index in [2.05, 4.69) is 6.92 Å². The fraction of sp³-hybridized carbons (Fsp3) is 0.500. The number of carbonyl (C=O) groups excluding carboxylic acids is 1. The van der Waals surface area contributed by atoms with Gasteiger partial charge in [0, 0.05) is 0 Å². The number of hydrogen-bond acceptors (Lipinski definition) is 5. The minimum absolute atomic E-state index is 0.172. The third-order valence-electron chi connectivity index (χ3n) is 3.71. The molecule has 1 aliphatic heterocycles. The van der Waals surface area contributed by atoms with Gasteiger partial charge < -0.3 is 14.8 Å². The first-order chi connectivity index (χ1) is 9.57. The molecule has 0 bridgehead atoms. The maximum absolute atomic E-state index is 11.7. The van der Waals surface area contributed by atoms with Crippen LogP contribution in [0.4, 0.5) is 0 Å². The molecule has 1 heterocycles. The number of fused-ring (bicyclic) bond motifs is 1. The first-order valence-electron chi connectivity index (χ1n) is 6.75. The second-order valence-electron chi connectivity index (χ2n) is 5.02. The molecular weight excluding hydrogens is 291 g/mol. The molecule has 2 unspecified atom stereocenters. The molecule has 2 rings (SSSR count). The summed E-state index contributed by atoms with van der Waals surface area (Å²) in [7, 11) is -1.46. The predicted molar refractivity (Wildman–Crippen MR) is 87.4 cm³/mol. The van der Waals surface area contributed by atoms with Crippen LogP contribution < -0.4 is 5.46 Å². The van der Waals surface area contributed by atoms with E-state index >= 15 is 0 Å². The quantitative estimate of drug-likeness (QED) is 0.622. The molecule has 3 nitrogen and oxygen atoms in total. The number of rotatable bonds is 6. The molecule has 0 amide bonds. The van der Waals surface area contributed by atoms with Crippen molar-refractivity contribution in [2.24, 2.45) is 0 Å². The van der Waals surface area contributed by atoms with E-state index in [1.165, 1.54) is 0 Å². The van der Waals surface area contributed by atoms with Crippen LogP contribution in [0.3, 0.4) is 0 Å². The lowest BCUT2D eigenvalue weighted by Gasteiger charge is -2.23.